The van der Waals surface area contributed by atoms with E-state index in [0.717, 1.165) is 32.5 Å². The quantitative estimate of drug-likeness (QED) is 0.809. The molecule has 0 bridgehead atoms. The first kappa shape index (κ1) is 17.4. The van der Waals surface area contributed by atoms with Crippen molar-refractivity contribution in [2.75, 3.05) is 31.5 Å². The highest BCUT2D eigenvalue weighted by molar-refractivity contribution is 7.15. The zero-order chi connectivity index (χ0) is 16.2. The smallest absolute Gasteiger partial charge is 0.373 e. The summed E-state index contributed by atoms with van der Waals surface area (Å²) in [6, 6.07) is 0. The van der Waals surface area contributed by atoms with E-state index in [9.17, 15) is 13.2 Å². The molecule has 1 aliphatic heterocycles. The Bertz CT molecular complexity index is 458. The standard InChI is InChI=1S/C13H21F3N4OS/c1-9-7-20(8-10(2)21-9)6-4-3-5-17-12-19-18-11(22-12)13(14,15)16/h9-10H,3-8H2,1-2H3,(H,17,19). The molecule has 9 heteroatoms. The van der Waals surface area contributed by atoms with Crippen LogP contribution in [0.3, 0.4) is 0 Å². The number of halogens is 3. The van der Waals surface area contributed by atoms with Gasteiger partial charge in [0.25, 0.3) is 0 Å². The van der Waals surface area contributed by atoms with Crippen LogP contribution in [0, 0.1) is 0 Å². The van der Waals surface area contributed by atoms with Crippen molar-refractivity contribution in [2.45, 2.75) is 45.1 Å². The van der Waals surface area contributed by atoms with Crippen LogP contribution in [0.1, 0.15) is 31.7 Å². The predicted octanol–water partition coefficient (Wildman–Crippen LogP) is 2.86. The van der Waals surface area contributed by atoms with Crippen LogP contribution < -0.4 is 5.32 Å². The van der Waals surface area contributed by atoms with Crippen LogP contribution in [0.25, 0.3) is 0 Å². The topological polar surface area (TPSA) is 50.3 Å². The van der Waals surface area contributed by atoms with Crippen molar-refractivity contribution in [3.8, 4) is 0 Å². The molecule has 1 aromatic heterocycles. The fraction of sp³-hybridized carbons (Fsp3) is 0.846. The van der Waals surface area contributed by atoms with E-state index in [1.807, 2.05) is 0 Å². The van der Waals surface area contributed by atoms with Crippen molar-refractivity contribution in [1.82, 2.24) is 15.1 Å². The van der Waals surface area contributed by atoms with Gasteiger partial charge in [-0.1, -0.05) is 11.3 Å². The zero-order valence-corrected chi connectivity index (χ0v) is 13.5. The highest BCUT2D eigenvalue weighted by Crippen LogP contribution is 2.32. The Kier molecular flexibility index (Phi) is 5.99. The van der Waals surface area contributed by atoms with E-state index in [-0.39, 0.29) is 17.3 Å². The number of hydrogen-bond donors (Lipinski definition) is 1. The van der Waals surface area contributed by atoms with Gasteiger partial charge in [-0.15, -0.1) is 10.2 Å². The molecule has 0 amide bonds. The predicted molar refractivity (Wildman–Crippen MR) is 79.1 cm³/mol. The molecule has 1 aromatic rings. The number of alkyl halides is 3. The molecule has 2 heterocycles. The molecular formula is C13H21F3N4OS. The lowest BCUT2D eigenvalue weighted by Gasteiger charge is -2.35. The van der Waals surface area contributed by atoms with Gasteiger partial charge in [-0.05, 0) is 33.2 Å². The number of aromatic nitrogens is 2. The van der Waals surface area contributed by atoms with E-state index >= 15 is 0 Å². The Balaban J connectivity index is 1.62. The van der Waals surface area contributed by atoms with Crippen LogP contribution in [0.15, 0.2) is 0 Å². The van der Waals surface area contributed by atoms with Gasteiger partial charge in [0.1, 0.15) is 0 Å². The molecule has 2 rings (SSSR count). The second-order valence-corrected chi connectivity index (χ2v) is 6.54. The maximum Gasteiger partial charge on any atom is 0.445 e. The average molecular weight is 338 g/mol. The second-order valence-electron chi connectivity index (χ2n) is 5.56. The summed E-state index contributed by atoms with van der Waals surface area (Å²) < 4.78 is 42.8. The number of rotatable bonds is 6. The third-order valence-corrected chi connectivity index (χ3v) is 4.27. The monoisotopic (exact) mass is 338 g/mol. The minimum atomic E-state index is -4.42. The van der Waals surface area contributed by atoms with Crippen LogP contribution in [0.2, 0.25) is 0 Å². The number of ether oxygens (including phenoxy) is 1. The molecule has 2 unspecified atom stereocenters. The molecule has 2 atom stereocenters. The van der Waals surface area contributed by atoms with Crippen molar-refractivity contribution in [3.63, 3.8) is 0 Å². The van der Waals surface area contributed by atoms with Gasteiger partial charge in [-0.3, -0.25) is 4.90 Å². The Hall–Kier alpha value is -0.930. The Morgan fingerprint density at radius 2 is 1.91 bits per heavy atom. The SMILES string of the molecule is CC1CN(CCCCNc2nnc(C(F)(F)F)s2)CC(C)O1. The van der Waals surface area contributed by atoms with E-state index in [1.165, 1.54) is 0 Å². The van der Waals surface area contributed by atoms with Crippen molar-refractivity contribution >= 4 is 16.5 Å². The highest BCUT2D eigenvalue weighted by Gasteiger charge is 2.35. The number of unbranched alkanes of at least 4 members (excludes halogenated alkanes) is 1. The first-order valence-electron chi connectivity index (χ1n) is 7.37. The molecule has 126 valence electrons. The molecule has 1 aliphatic rings. The molecular weight excluding hydrogens is 317 g/mol. The van der Waals surface area contributed by atoms with Gasteiger partial charge in [-0.25, -0.2) is 0 Å². The number of nitrogens with one attached hydrogen (secondary N) is 1. The normalized spacial score (nSPS) is 23.7. The van der Waals surface area contributed by atoms with Gasteiger partial charge in [-0.2, -0.15) is 13.2 Å². The Morgan fingerprint density at radius 3 is 2.50 bits per heavy atom. The van der Waals surface area contributed by atoms with Crippen molar-refractivity contribution in [3.05, 3.63) is 5.01 Å². The molecule has 0 radical (unpaired) electrons. The maximum atomic E-state index is 12.4. The summed E-state index contributed by atoms with van der Waals surface area (Å²) >= 11 is 0.541. The van der Waals surface area contributed by atoms with Crippen LogP contribution in [-0.4, -0.2) is 53.5 Å². The number of nitrogens with zero attached hydrogens (tertiary/aromatic N) is 3. The van der Waals surface area contributed by atoms with Crippen LogP contribution in [-0.2, 0) is 10.9 Å². The minimum absolute atomic E-state index is 0.223. The molecule has 1 saturated heterocycles. The van der Waals surface area contributed by atoms with Crippen molar-refractivity contribution in [2.24, 2.45) is 0 Å². The van der Waals surface area contributed by atoms with Gasteiger partial charge < -0.3 is 10.1 Å². The summed E-state index contributed by atoms with van der Waals surface area (Å²) in [6.45, 7) is 7.58. The summed E-state index contributed by atoms with van der Waals surface area (Å²) in [5, 5.41) is 8.84. The molecule has 0 spiro atoms. The average Bonchev–Trinajstić information content (AvgIpc) is 2.86. The van der Waals surface area contributed by atoms with E-state index in [4.69, 9.17) is 4.74 Å². The van der Waals surface area contributed by atoms with Gasteiger partial charge >= 0.3 is 6.18 Å². The number of anilines is 1. The Labute approximate surface area is 131 Å². The highest BCUT2D eigenvalue weighted by atomic mass is 32.1. The molecule has 1 fully saturated rings. The van der Waals surface area contributed by atoms with E-state index < -0.39 is 11.2 Å². The molecule has 0 aromatic carbocycles. The number of morpholine rings is 1. The number of hydrogen-bond acceptors (Lipinski definition) is 6. The van der Waals surface area contributed by atoms with Crippen molar-refractivity contribution < 1.29 is 17.9 Å². The third-order valence-electron chi connectivity index (χ3n) is 3.34. The molecule has 0 saturated carbocycles. The first-order chi connectivity index (χ1) is 10.3. The summed E-state index contributed by atoms with van der Waals surface area (Å²) in [5.74, 6) is 0. The lowest BCUT2D eigenvalue weighted by atomic mass is 10.2. The fourth-order valence-corrected chi connectivity index (χ4v) is 3.17. The van der Waals surface area contributed by atoms with Gasteiger partial charge in [0.2, 0.25) is 10.1 Å². The molecule has 5 nitrogen and oxygen atoms in total. The van der Waals surface area contributed by atoms with E-state index in [1.54, 1.807) is 0 Å². The van der Waals surface area contributed by atoms with E-state index in [2.05, 4.69) is 34.3 Å². The van der Waals surface area contributed by atoms with Crippen LogP contribution in [0.4, 0.5) is 18.3 Å². The van der Waals surface area contributed by atoms with Crippen LogP contribution in [0.5, 0.6) is 0 Å². The van der Waals surface area contributed by atoms with Gasteiger partial charge in [0.05, 0.1) is 12.2 Å². The molecule has 22 heavy (non-hydrogen) atoms. The lowest BCUT2D eigenvalue weighted by Crippen LogP contribution is -2.45. The summed E-state index contributed by atoms with van der Waals surface area (Å²) in [7, 11) is 0. The first-order valence-corrected chi connectivity index (χ1v) is 8.18. The third kappa shape index (κ3) is 5.36. The van der Waals surface area contributed by atoms with Crippen LogP contribution >= 0.6 is 11.3 Å². The van der Waals surface area contributed by atoms with Gasteiger partial charge in [0, 0.05) is 19.6 Å². The summed E-state index contributed by atoms with van der Waals surface area (Å²) in [4.78, 5) is 2.37. The maximum absolute atomic E-state index is 12.4. The summed E-state index contributed by atoms with van der Waals surface area (Å²) in [6.07, 6.45) is -2.05. The zero-order valence-electron chi connectivity index (χ0n) is 12.7. The van der Waals surface area contributed by atoms with Crippen molar-refractivity contribution in [1.29, 1.82) is 0 Å². The lowest BCUT2D eigenvalue weighted by molar-refractivity contribution is -0.138. The largest absolute Gasteiger partial charge is 0.445 e. The minimum Gasteiger partial charge on any atom is -0.373 e. The van der Waals surface area contributed by atoms with E-state index in [0.29, 0.717) is 17.9 Å². The van der Waals surface area contributed by atoms with Gasteiger partial charge in [0.15, 0.2) is 0 Å². The summed E-state index contributed by atoms with van der Waals surface area (Å²) in [5.41, 5.74) is 0. The molecule has 0 aliphatic carbocycles. The Morgan fingerprint density at radius 1 is 1.23 bits per heavy atom. The fourth-order valence-electron chi connectivity index (χ4n) is 2.53. The second kappa shape index (κ2) is 7.56. The molecule has 1 N–H and O–H groups in total.